The zero-order chi connectivity index (χ0) is 17.2. The summed E-state index contributed by atoms with van der Waals surface area (Å²) in [6, 6.07) is 3.59. The van der Waals surface area contributed by atoms with Crippen LogP contribution in [0, 0.1) is 6.92 Å². The molecule has 1 aliphatic heterocycles. The Hall–Kier alpha value is -2.87. The molecule has 0 aromatic carbocycles. The van der Waals surface area contributed by atoms with E-state index in [-0.39, 0.29) is 5.91 Å². The van der Waals surface area contributed by atoms with Gasteiger partial charge in [-0.1, -0.05) is 0 Å². The third-order valence-corrected chi connectivity index (χ3v) is 4.19. The van der Waals surface area contributed by atoms with Gasteiger partial charge in [-0.05, 0) is 19.1 Å². The second kappa shape index (κ2) is 6.56. The maximum Gasteiger partial charge on any atom is 0.256 e. The van der Waals surface area contributed by atoms with Crippen molar-refractivity contribution in [2.45, 2.75) is 13.5 Å². The summed E-state index contributed by atoms with van der Waals surface area (Å²) in [5, 5.41) is 3.50. The summed E-state index contributed by atoms with van der Waals surface area (Å²) in [6.45, 7) is 4.74. The predicted octanol–water partition coefficient (Wildman–Crippen LogP) is 1.89. The van der Waals surface area contributed by atoms with Crippen molar-refractivity contribution in [3.8, 4) is 0 Å². The molecule has 25 heavy (non-hydrogen) atoms. The van der Waals surface area contributed by atoms with Crippen molar-refractivity contribution in [1.29, 1.82) is 0 Å². The molecule has 1 aliphatic rings. The molecule has 130 valence electrons. The van der Waals surface area contributed by atoms with Gasteiger partial charge in [-0.2, -0.15) is 0 Å². The largest absolute Gasteiger partial charge is 0.467 e. The summed E-state index contributed by atoms with van der Waals surface area (Å²) in [4.78, 5) is 23.4. The minimum absolute atomic E-state index is 0.239. The molecule has 0 aliphatic carbocycles. The molecule has 8 nitrogen and oxygen atoms in total. The first-order valence-electron chi connectivity index (χ1n) is 8.11. The number of aromatic nitrogens is 2. The van der Waals surface area contributed by atoms with Crippen LogP contribution in [-0.2, 0) is 11.3 Å². The highest BCUT2D eigenvalue weighted by Gasteiger charge is 2.25. The van der Waals surface area contributed by atoms with Crippen molar-refractivity contribution in [3.63, 3.8) is 0 Å². The van der Waals surface area contributed by atoms with Gasteiger partial charge in [-0.3, -0.25) is 4.79 Å². The molecular formula is C17H18N4O4. The number of ether oxygens (including phenoxy) is 1. The van der Waals surface area contributed by atoms with Crippen LogP contribution in [0.1, 0.15) is 21.9 Å². The Morgan fingerprint density at radius 2 is 2.16 bits per heavy atom. The molecule has 0 unspecified atom stereocenters. The third-order valence-electron chi connectivity index (χ3n) is 4.19. The number of anilines is 1. The first-order valence-corrected chi connectivity index (χ1v) is 8.11. The molecule has 3 aromatic rings. The first kappa shape index (κ1) is 15.6. The van der Waals surface area contributed by atoms with E-state index in [2.05, 4.69) is 20.2 Å². The van der Waals surface area contributed by atoms with Gasteiger partial charge < -0.3 is 23.8 Å². The van der Waals surface area contributed by atoms with Crippen LogP contribution in [0.4, 0.5) is 5.82 Å². The highest BCUT2D eigenvalue weighted by molar-refractivity contribution is 6.10. The molecule has 1 fully saturated rings. The Kier molecular flexibility index (Phi) is 4.10. The molecule has 0 bridgehead atoms. The van der Waals surface area contributed by atoms with E-state index in [0.717, 1.165) is 0 Å². The summed E-state index contributed by atoms with van der Waals surface area (Å²) < 4.78 is 16.3. The lowest BCUT2D eigenvalue weighted by Crippen LogP contribution is -2.37. The molecule has 3 aromatic heterocycles. The Bertz CT molecular complexity index is 882. The smallest absolute Gasteiger partial charge is 0.256 e. The van der Waals surface area contributed by atoms with Crippen LogP contribution in [0.5, 0.6) is 0 Å². The van der Waals surface area contributed by atoms with Gasteiger partial charge in [0, 0.05) is 13.1 Å². The number of nitrogens with one attached hydrogen (secondary N) is 1. The van der Waals surface area contributed by atoms with E-state index in [9.17, 15) is 4.79 Å². The van der Waals surface area contributed by atoms with Gasteiger partial charge in [0.15, 0.2) is 0 Å². The van der Waals surface area contributed by atoms with Crippen LogP contribution in [0.3, 0.4) is 0 Å². The average Bonchev–Trinajstić information content (AvgIpc) is 3.27. The summed E-state index contributed by atoms with van der Waals surface area (Å²) in [6.07, 6.45) is 3.03. The van der Waals surface area contributed by atoms with Gasteiger partial charge in [0.1, 0.15) is 23.7 Å². The molecular weight excluding hydrogens is 324 g/mol. The molecule has 4 rings (SSSR count). The van der Waals surface area contributed by atoms with Crippen LogP contribution in [0.2, 0.25) is 0 Å². The number of morpholine rings is 1. The first-order chi connectivity index (χ1) is 12.2. The molecule has 0 radical (unpaired) electrons. The van der Waals surface area contributed by atoms with Crippen molar-refractivity contribution < 1.29 is 18.4 Å². The second-order valence-electron chi connectivity index (χ2n) is 5.77. The summed E-state index contributed by atoms with van der Waals surface area (Å²) >= 11 is 0. The maximum absolute atomic E-state index is 12.8. The number of fused-ring (bicyclic) bond motifs is 1. The van der Waals surface area contributed by atoms with E-state index in [1.165, 1.54) is 6.33 Å². The van der Waals surface area contributed by atoms with E-state index in [1.54, 1.807) is 19.3 Å². The normalized spacial score (nSPS) is 14.8. The number of rotatable bonds is 4. The number of carbonyl (C=O) groups is 1. The van der Waals surface area contributed by atoms with Gasteiger partial charge in [0.05, 0.1) is 37.0 Å². The van der Waals surface area contributed by atoms with Crippen LogP contribution < -0.4 is 10.2 Å². The van der Waals surface area contributed by atoms with Gasteiger partial charge in [-0.25, -0.2) is 9.97 Å². The van der Waals surface area contributed by atoms with E-state index < -0.39 is 0 Å². The second-order valence-corrected chi connectivity index (χ2v) is 5.77. The third kappa shape index (κ3) is 2.96. The lowest BCUT2D eigenvalue weighted by Gasteiger charge is -2.28. The molecule has 1 amide bonds. The van der Waals surface area contributed by atoms with Crippen LogP contribution in [0.15, 0.2) is 33.6 Å². The van der Waals surface area contributed by atoms with Gasteiger partial charge in [0.2, 0.25) is 5.71 Å². The summed E-state index contributed by atoms with van der Waals surface area (Å²) in [5.41, 5.74) is 0.876. The predicted molar refractivity (Wildman–Crippen MR) is 89.5 cm³/mol. The van der Waals surface area contributed by atoms with Crippen molar-refractivity contribution in [1.82, 2.24) is 15.3 Å². The number of hydrogen-bond acceptors (Lipinski definition) is 7. The molecule has 0 atom stereocenters. The highest BCUT2D eigenvalue weighted by Crippen LogP contribution is 2.31. The van der Waals surface area contributed by atoms with Crippen molar-refractivity contribution in [2.75, 3.05) is 31.2 Å². The fourth-order valence-electron chi connectivity index (χ4n) is 2.99. The average molecular weight is 342 g/mol. The number of hydrogen-bond donors (Lipinski definition) is 1. The Morgan fingerprint density at radius 3 is 2.92 bits per heavy atom. The monoisotopic (exact) mass is 342 g/mol. The zero-order valence-corrected chi connectivity index (χ0v) is 13.8. The van der Waals surface area contributed by atoms with Crippen molar-refractivity contribution in [3.05, 3.63) is 41.8 Å². The Labute approximate surface area is 143 Å². The number of amides is 1. The molecule has 0 saturated carbocycles. The van der Waals surface area contributed by atoms with E-state index in [1.807, 2.05) is 6.07 Å². The standard InChI is InChI=1S/C17H18N4O4/c1-11-13(16(22)18-9-12-3-2-6-24-12)14-15(19-10-20-17(14)25-11)21-4-7-23-8-5-21/h2-3,6,10H,4-5,7-9H2,1H3,(H,18,22). The number of furan rings is 2. The van der Waals surface area contributed by atoms with Crippen LogP contribution >= 0.6 is 0 Å². The van der Waals surface area contributed by atoms with E-state index in [0.29, 0.717) is 66.8 Å². The SMILES string of the molecule is Cc1oc2ncnc(N3CCOCC3)c2c1C(=O)NCc1ccco1. The van der Waals surface area contributed by atoms with Gasteiger partial charge in [-0.15, -0.1) is 0 Å². The van der Waals surface area contributed by atoms with Crippen molar-refractivity contribution >= 4 is 22.8 Å². The minimum atomic E-state index is -0.239. The zero-order valence-electron chi connectivity index (χ0n) is 13.8. The Morgan fingerprint density at radius 1 is 1.32 bits per heavy atom. The summed E-state index contributed by atoms with van der Waals surface area (Å²) in [5.74, 6) is 1.66. The molecule has 1 saturated heterocycles. The molecule has 1 N–H and O–H groups in total. The quantitative estimate of drug-likeness (QED) is 0.774. The van der Waals surface area contributed by atoms with E-state index >= 15 is 0 Å². The van der Waals surface area contributed by atoms with Crippen LogP contribution in [0.25, 0.3) is 11.1 Å². The number of nitrogens with zero attached hydrogens (tertiary/aromatic N) is 3. The lowest BCUT2D eigenvalue weighted by atomic mass is 10.1. The molecule has 4 heterocycles. The fraction of sp³-hybridized carbons (Fsp3) is 0.353. The topological polar surface area (TPSA) is 93.6 Å². The van der Waals surface area contributed by atoms with Gasteiger partial charge in [0.25, 0.3) is 5.91 Å². The lowest BCUT2D eigenvalue weighted by molar-refractivity contribution is 0.0948. The highest BCUT2D eigenvalue weighted by atomic mass is 16.5. The Balaban J connectivity index is 1.69. The fourth-order valence-corrected chi connectivity index (χ4v) is 2.99. The van der Waals surface area contributed by atoms with Crippen molar-refractivity contribution in [2.24, 2.45) is 0 Å². The van der Waals surface area contributed by atoms with Crippen LogP contribution in [-0.4, -0.2) is 42.2 Å². The van der Waals surface area contributed by atoms with E-state index in [4.69, 9.17) is 13.6 Å². The van der Waals surface area contributed by atoms with Gasteiger partial charge >= 0.3 is 0 Å². The maximum atomic E-state index is 12.8. The molecule has 8 heteroatoms. The minimum Gasteiger partial charge on any atom is -0.467 e. The molecule has 0 spiro atoms. The number of aryl methyl sites for hydroxylation is 1. The summed E-state index contributed by atoms with van der Waals surface area (Å²) in [7, 11) is 0. The number of carbonyl (C=O) groups excluding carboxylic acids is 1.